The summed E-state index contributed by atoms with van der Waals surface area (Å²) in [4.78, 5) is 40.0. The van der Waals surface area contributed by atoms with E-state index >= 15 is 0 Å². The van der Waals surface area contributed by atoms with Crippen molar-refractivity contribution >= 4 is 28.0 Å². The zero-order valence-corrected chi connectivity index (χ0v) is 19.7. The highest BCUT2D eigenvalue weighted by molar-refractivity contribution is 7.90. The Kier molecular flexibility index (Phi) is 8.16. The number of nitrogens with one attached hydrogen (secondary N) is 2. The van der Waals surface area contributed by atoms with Crippen molar-refractivity contribution in [3.8, 4) is 5.88 Å². The van der Waals surface area contributed by atoms with Crippen molar-refractivity contribution in [3.63, 3.8) is 0 Å². The van der Waals surface area contributed by atoms with Crippen LogP contribution in [0.4, 0.5) is 4.79 Å². The second-order valence-corrected chi connectivity index (χ2v) is 9.22. The first-order valence-corrected chi connectivity index (χ1v) is 12.0. The van der Waals surface area contributed by atoms with Crippen molar-refractivity contribution in [3.05, 3.63) is 89.6 Å². The van der Waals surface area contributed by atoms with Gasteiger partial charge in [-0.15, -0.1) is 0 Å². The van der Waals surface area contributed by atoms with E-state index in [9.17, 15) is 22.8 Å². The molecule has 2 amide bonds. The van der Waals surface area contributed by atoms with Crippen LogP contribution in [0.5, 0.6) is 5.88 Å². The maximum atomic E-state index is 12.7. The summed E-state index contributed by atoms with van der Waals surface area (Å²) < 4.78 is 37.0. The predicted molar refractivity (Wildman–Crippen MR) is 125 cm³/mol. The molecule has 3 rings (SSSR count). The molecule has 0 radical (unpaired) electrons. The number of carbonyl (C=O) groups is 3. The molecule has 1 heterocycles. The molecule has 2 aromatic carbocycles. The van der Waals surface area contributed by atoms with Crippen LogP contribution in [-0.2, 0) is 21.3 Å². The topological polar surface area (TPSA) is 141 Å². The number of nitrogens with zero attached hydrogens (tertiary/aromatic N) is 1. The molecule has 35 heavy (non-hydrogen) atoms. The van der Waals surface area contributed by atoms with E-state index in [1.54, 1.807) is 13.8 Å². The summed E-state index contributed by atoms with van der Waals surface area (Å²) in [5.41, 5.74) is 0.918. The maximum Gasteiger partial charge on any atom is 0.515 e. The lowest BCUT2D eigenvalue weighted by Gasteiger charge is -2.10. The molecule has 0 aliphatic heterocycles. The third kappa shape index (κ3) is 7.37. The monoisotopic (exact) mass is 497 g/mol. The van der Waals surface area contributed by atoms with Crippen LogP contribution in [0.3, 0.4) is 0 Å². The van der Waals surface area contributed by atoms with Crippen LogP contribution >= 0.6 is 0 Å². The standard InChI is InChI=1S/C24H23N3O7S/c1-16(2)33-24(30)34-21-12-11-19(15-25-21)23(29)27-35(31,32)20-10-6-9-18(13-20)22(28)26-14-17-7-4-3-5-8-17/h3-13,15-16H,14H2,1-2H3,(H,26,28)(H,27,29). The van der Waals surface area contributed by atoms with Crippen LogP contribution in [0.25, 0.3) is 0 Å². The molecule has 11 heteroatoms. The van der Waals surface area contributed by atoms with Crippen molar-refractivity contribution in [1.82, 2.24) is 15.0 Å². The molecule has 2 N–H and O–H groups in total. The molecule has 0 saturated heterocycles. The number of amides is 2. The molecule has 10 nitrogen and oxygen atoms in total. The number of benzene rings is 2. The van der Waals surface area contributed by atoms with Gasteiger partial charge < -0.3 is 14.8 Å². The van der Waals surface area contributed by atoms with E-state index in [-0.39, 0.29) is 34.6 Å². The Morgan fingerprint density at radius 2 is 1.66 bits per heavy atom. The molecular weight excluding hydrogens is 474 g/mol. The molecular formula is C24H23N3O7S. The average Bonchev–Trinajstić information content (AvgIpc) is 2.83. The Labute approximate surface area is 202 Å². The van der Waals surface area contributed by atoms with Gasteiger partial charge in [0.25, 0.3) is 21.8 Å². The van der Waals surface area contributed by atoms with Gasteiger partial charge in [-0.25, -0.2) is 22.9 Å². The lowest BCUT2D eigenvalue weighted by molar-refractivity contribution is 0.0715. The Morgan fingerprint density at radius 3 is 2.31 bits per heavy atom. The van der Waals surface area contributed by atoms with Crippen LogP contribution in [0.2, 0.25) is 0 Å². The van der Waals surface area contributed by atoms with Gasteiger partial charge in [0.1, 0.15) is 0 Å². The van der Waals surface area contributed by atoms with Gasteiger partial charge in [-0.2, -0.15) is 0 Å². The van der Waals surface area contributed by atoms with E-state index in [4.69, 9.17) is 9.47 Å². The zero-order valence-electron chi connectivity index (χ0n) is 18.9. The van der Waals surface area contributed by atoms with Crippen LogP contribution < -0.4 is 14.8 Å². The van der Waals surface area contributed by atoms with Gasteiger partial charge in [0.15, 0.2) is 0 Å². The summed E-state index contributed by atoms with van der Waals surface area (Å²) in [6.45, 7) is 3.57. The van der Waals surface area contributed by atoms with Gasteiger partial charge in [0, 0.05) is 24.4 Å². The fourth-order valence-electron chi connectivity index (χ4n) is 2.80. The molecule has 1 aromatic heterocycles. The zero-order chi connectivity index (χ0) is 25.4. The van der Waals surface area contributed by atoms with Crippen LogP contribution in [-0.4, -0.2) is 37.5 Å². The average molecular weight is 498 g/mol. The maximum absolute atomic E-state index is 12.7. The first-order chi connectivity index (χ1) is 16.6. The quantitative estimate of drug-likeness (QED) is 0.453. The molecule has 0 saturated carbocycles. The minimum Gasteiger partial charge on any atom is -0.431 e. The van der Waals surface area contributed by atoms with Crippen molar-refractivity contribution in [2.45, 2.75) is 31.4 Å². The number of ether oxygens (including phenoxy) is 2. The molecule has 182 valence electrons. The number of hydrogen-bond acceptors (Lipinski definition) is 8. The summed E-state index contributed by atoms with van der Waals surface area (Å²) in [5.74, 6) is -1.54. The second-order valence-electron chi connectivity index (χ2n) is 7.53. The Bertz CT molecular complexity index is 1310. The summed E-state index contributed by atoms with van der Waals surface area (Å²) in [6, 6.07) is 17.0. The summed E-state index contributed by atoms with van der Waals surface area (Å²) in [5, 5.41) is 2.72. The molecule has 0 aliphatic carbocycles. The number of carbonyl (C=O) groups excluding carboxylic acids is 3. The molecule has 0 unspecified atom stereocenters. The van der Waals surface area contributed by atoms with E-state index < -0.39 is 28.0 Å². The minimum absolute atomic E-state index is 0.0880. The normalized spacial score (nSPS) is 10.9. The summed E-state index contributed by atoms with van der Waals surface area (Å²) >= 11 is 0. The van der Waals surface area contributed by atoms with E-state index in [0.717, 1.165) is 11.8 Å². The fourth-order valence-corrected chi connectivity index (χ4v) is 3.82. The minimum atomic E-state index is -4.29. The molecule has 0 aliphatic rings. The largest absolute Gasteiger partial charge is 0.515 e. The predicted octanol–water partition coefficient (Wildman–Crippen LogP) is 3.05. The highest BCUT2D eigenvalue weighted by Gasteiger charge is 2.21. The molecule has 0 fully saturated rings. The second kappa shape index (κ2) is 11.3. The van der Waals surface area contributed by atoms with Crippen molar-refractivity contribution in [2.24, 2.45) is 0 Å². The van der Waals surface area contributed by atoms with Gasteiger partial charge in [0.05, 0.1) is 16.6 Å². The number of sulfonamides is 1. The molecule has 0 bridgehead atoms. The molecule has 0 spiro atoms. The van der Waals surface area contributed by atoms with Crippen LogP contribution in [0, 0.1) is 0 Å². The number of hydrogen-bond donors (Lipinski definition) is 2. The number of aromatic nitrogens is 1. The smallest absolute Gasteiger partial charge is 0.431 e. The van der Waals surface area contributed by atoms with E-state index in [1.165, 1.54) is 36.4 Å². The highest BCUT2D eigenvalue weighted by atomic mass is 32.2. The van der Waals surface area contributed by atoms with Gasteiger partial charge >= 0.3 is 6.16 Å². The van der Waals surface area contributed by atoms with Gasteiger partial charge in [-0.05, 0) is 43.7 Å². The summed E-state index contributed by atoms with van der Waals surface area (Å²) in [6.07, 6.45) is -0.290. The van der Waals surface area contributed by atoms with Crippen LogP contribution in [0.15, 0.2) is 77.8 Å². The van der Waals surface area contributed by atoms with E-state index in [0.29, 0.717) is 0 Å². The lowest BCUT2D eigenvalue weighted by atomic mass is 10.2. The molecule has 3 aromatic rings. The first kappa shape index (κ1) is 25.4. The molecule has 0 atom stereocenters. The van der Waals surface area contributed by atoms with Crippen molar-refractivity contribution in [2.75, 3.05) is 0 Å². The SMILES string of the molecule is CC(C)OC(=O)Oc1ccc(C(=O)NS(=O)(=O)c2cccc(C(=O)NCc3ccccc3)c2)cn1. The Hall–Kier alpha value is -4.25. The Balaban J connectivity index is 1.64. The Morgan fingerprint density at radius 1 is 0.914 bits per heavy atom. The number of pyridine rings is 1. The van der Waals surface area contributed by atoms with E-state index in [1.807, 2.05) is 35.1 Å². The van der Waals surface area contributed by atoms with E-state index in [2.05, 4.69) is 10.3 Å². The fraction of sp³-hybridized carbons (Fsp3) is 0.167. The number of rotatable bonds is 8. The lowest BCUT2D eigenvalue weighted by Crippen LogP contribution is -2.31. The van der Waals surface area contributed by atoms with Gasteiger partial charge in [-0.1, -0.05) is 36.4 Å². The first-order valence-electron chi connectivity index (χ1n) is 10.5. The van der Waals surface area contributed by atoms with Crippen LogP contribution in [0.1, 0.15) is 40.1 Å². The third-order valence-electron chi connectivity index (χ3n) is 4.45. The van der Waals surface area contributed by atoms with Gasteiger partial charge in [0.2, 0.25) is 5.88 Å². The highest BCUT2D eigenvalue weighted by Crippen LogP contribution is 2.14. The summed E-state index contributed by atoms with van der Waals surface area (Å²) in [7, 11) is -4.29. The van der Waals surface area contributed by atoms with Gasteiger partial charge in [-0.3, -0.25) is 9.59 Å². The van der Waals surface area contributed by atoms with Crippen molar-refractivity contribution in [1.29, 1.82) is 0 Å². The van der Waals surface area contributed by atoms with Crippen molar-refractivity contribution < 1.29 is 32.3 Å². The third-order valence-corrected chi connectivity index (χ3v) is 5.78.